The predicted octanol–water partition coefficient (Wildman–Crippen LogP) is 3.18. The van der Waals surface area contributed by atoms with Gasteiger partial charge in [-0.3, -0.25) is 0 Å². The van der Waals surface area contributed by atoms with Gasteiger partial charge in [-0.2, -0.15) is 0 Å². The van der Waals surface area contributed by atoms with Crippen molar-refractivity contribution in [3.63, 3.8) is 0 Å². The Balaban J connectivity index is 1.54. The zero-order chi connectivity index (χ0) is 13.1. The van der Waals surface area contributed by atoms with Gasteiger partial charge in [0.25, 0.3) is 0 Å². The second-order valence-electron chi connectivity index (χ2n) is 5.37. The lowest BCUT2D eigenvalue weighted by molar-refractivity contribution is 0.415. The Morgan fingerprint density at radius 3 is 2.95 bits per heavy atom. The van der Waals surface area contributed by atoms with Crippen LogP contribution in [0, 0.1) is 0 Å². The lowest BCUT2D eigenvalue weighted by Crippen LogP contribution is -2.17. The second-order valence-corrected chi connectivity index (χ2v) is 5.37. The summed E-state index contributed by atoms with van der Waals surface area (Å²) in [4.78, 5) is 0. The number of ether oxygens (including phenoxy) is 1. The number of hydrogen-bond acceptors (Lipinski definition) is 2. The second kappa shape index (κ2) is 5.66. The first-order chi connectivity index (χ1) is 9.36. The van der Waals surface area contributed by atoms with Crippen molar-refractivity contribution in [3.8, 4) is 5.75 Å². The van der Waals surface area contributed by atoms with Crippen molar-refractivity contribution < 1.29 is 4.74 Å². The maximum Gasteiger partial charge on any atom is 0.119 e. The van der Waals surface area contributed by atoms with Crippen LogP contribution in [0.2, 0.25) is 0 Å². The molecular weight excluding hydrogens is 236 g/mol. The van der Waals surface area contributed by atoms with E-state index in [1.807, 2.05) is 6.07 Å². The van der Waals surface area contributed by atoms with Crippen molar-refractivity contribution in [2.75, 3.05) is 13.7 Å². The van der Waals surface area contributed by atoms with Crippen LogP contribution in [0.5, 0.6) is 5.75 Å². The Morgan fingerprint density at radius 2 is 2.16 bits per heavy atom. The van der Waals surface area contributed by atoms with Crippen LogP contribution in [0.1, 0.15) is 25.7 Å². The number of nitrogens with one attached hydrogen (secondary N) is 1. The first kappa shape index (κ1) is 12.5. The summed E-state index contributed by atoms with van der Waals surface area (Å²) in [5, 5.41) is 4.82. The van der Waals surface area contributed by atoms with Gasteiger partial charge in [0.05, 0.1) is 7.11 Å². The molecule has 0 unspecified atom stereocenters. The van der Waals surface area contributed by atoms with Crippen molar-refractivity contribution in [1.29, 1.82) is 0 Å². The summed E-state index contributed by atoms with van der Waals surface area (Å²) < 4.78 is 7.59. The molecule has 1 N–H and O–H groups in total. The van der Waals surface area contributed by atoms with Crippen LogP contribution in [0.25, 0.3) is 10.9 Å². The molecule has 3 rings (SSSR count). The average molecular weight is 258 g/mol. The van der Waals surface area contributed by atoms with Gasteiger partial charge in [-0.15, -0.1) is 0 Å². The quantitative estimate of drug-likeness (QED) is 0.772. The SMILES string of the molecule is COc1ccc2c(ccn2CCCCNC2CC2)c1. The summed E-state index contributed by atoms with van der Waals surface area (Å²) in [6.45, 7) is 2.26. The van der Waals surface area contributed by atoms with E-state index in [2.05, 4.69) is 34.3 Å². The van der Waals surface area contributed by atoms with Crippen LogP contribution in [0.15, 0.2) is 30.5 Å². The highest BCUT2D eigenvalue weighted by Crippen LogP contribution is 2.22. The van der Waals surface area contributed by atoms with Crippen LogP contribution >= 0.6 is 0 Å². The first-order valence-electron chi connectivity index (χ1n) is 7.23. The smallest absolute Gasteiger partial charge is 0.119 e. The number of fused-ring (bicyclic) bond motifs is 1. The molecule has 1 saturated carbocycles. The Bertz CT molecular complexity index is 543. The third kappa shape index (κ3) is 3.10. The van der Waals surface area contributed by atoms with Gasteiger partial charge in [0.2, 0.25) is 0 Å². The minimum Gasteiger partial charge on any atom is -0.497 e. The number of hydrogen-bond donors (Lipinski definition) is 1. The summed E-state index contributed by atoms with van der Waals surface area (Å²) >= 11 is 0. The molecule has 2 aromatic rings. The molecule has 0 aliphatic heterocycles. The Morgan fingerprint density at radius 1 is 1.26 bits per heavy atom. The molecule has 0 saturated heterocycles. The van der Waals surface area contributed by atoms with E-state index in [1.54, 1.807) is 7.11 Å². The highest BCUT2D eigenvalue weighted by Gasteiger charge is 2.19. The summed E-state index contributed by atoms with van der Waals surface area (Å²) in [7, 11) is 1.71. The van der Waals surface area contributed by atoms with Gasteiger partial charge >= 0.3 is 0 Å². The minimum absolute atomic E-state index is 0.833. The molecule has 1 fully saturated rings. The maximum absolute atomic E-state index is 5.26. The summed E-state index contributed by atoms with van der Waals surface area (Å²) in [5.74, 6) is 0.930. The molecule has 0 atom stereocenters. The van der Waals surface area contributed by atoms with Gasteiger partial charge in [0, 0.05) is 29.7 Å². The molecule has 1 aromatic heterocycles. The monoisotopic (exact) mass is 258 g/mol. The van der Waals surface area contributed by atoms with Gasteiger partial charge in [-0.1, -0.05) is 0 Å². The van der Waals surface area contributed by atoms with E-state index in [0.717, 1.165) is 24.9 Å². The van der Waals surface area contributed by atoms with Crippen LogP contribution < -0.4 is 10.1 Å². The Kier molecular flexibility index (Phi) is 3.74. The Labute approximate surface area is 114 Å². The fraction of sp³-hybridized carbons (Fsp3) is 0.500. The molecule has 0 radical (unpaired) electrons. The van der Waals surface area contributed by atoms with Crippen molar-refractivity contribution in [3.05, 3.63) is 30.5 Å². The topological polar surface area (TPSA) is 26.2 Å². The van der Waals surface area contributed by atoms with E-state index in [0.29, 0.717) is 0 Å². The number of methoxy groups -OCH3 is 1. The Hall–Kier alpha value is -1.48. The minimum atomic E-state index is 0.833. The molecular formula is C16H22N2O. The molecule has 0 amide bonds. The van der Waals surface area contributed by atoms with Crippen LogP contribution in [0.3, 0.4) is 0 Å². The number of aryl methyl sites for hydroxylation is 1. The normalized spacial score (nSPS) is 15.0. The standard InChI is InChI=1S/C16H22N2O/c1-19-15-6-7-16-13(12-15)8-11-18(16)10-3-2-9-17-14-4-5-14/h6-8,11-12,14,17H,2-5,9-10H2,1H3. The van der Waals surface area contributed by atoms with Gasteiger partial charge in [0.1, 0.15) is 5.75 Å². The van der Waals surface area contributed by atoms with Gasteiger partial charge in [-0.25, -0.2) is 0 Å². The fourth-order valence-corrected chi connectivity index (χ4v) is 2.50. The highest BCUT2D eigenvalue weighted by atomic mass is 16.5. The van der Waals surface area contributed by atoms with E-state index in [-0.39, 0.29) is 0 Å². The third-order valence-electron chi connectivity index (χ3n) is 3.81. The largest absolute Gasteiger partial charge is 0.497 e. The predicted molar refractivity (Wildman–Crippen MR) is 78.7 cm³/mol. The van der Waals surface area contributed by atoms with E-state index in [4.69, 9.17) is 4.74 Å². The van der Waals surface area contributed by atoms with Crippen molar-refractivity contribution in [2.24, 2.45) is 0 Å². The van der Waals surface area contributed by atoms with E-state index in [9.17, 15) is 0 Å². The van der Waals surface area contributed by atoms with Crippen molar-refractivity contribution >= 4 is 10.9 Å². The van der Waals surface area contributed by atoms with Gasteiger partial charge in [0.15, 0.2) is 0 Å². The highest BCUT2D eigenvalue weighted by molar-refractivity contribution is 5.81. The summed E-state index contributed by atoms with van der Waals surface area (Å²) in [6, 6.07) is 9.28. The van der Waals surface area contributed by atoms with Crippen molar-refractivity contribution in [1.82, 2.24) is 9.88 Å². The van der Waals surface area contributed by atoms with Gasteiger partial charge < -0.3 is 14.6 Å². The van der Waals surface area contributed by atoms with Crippen LogP contribution in [-0.4, -0.2) is 24.3 Å². The third-order valence-corrected chi connectivity index (χ3v) is 3.81. The maximum atomic E-state index is 5.26. The lowest BCUT2D eigenvalue weighted by Gasteiger charge is -2.07. The number of benzene rings is 1. The molecule has 1 aliphatic carbocycles. The lowest BCUT2D eigenvalue weighted by atomic mass is 10.2. The van der Waals surface area contributed by atoms with Crippen molar-refractivity contribution in [2.45, 2.75) is 38.3 Å². The zero-order valence-corrected chi connectivity index (χ0v) is 11.6. The van der Waals surface area contributed by atoms with E-state index in [1.165, 1.54) is 36.6 Å². The molecule has 3 heteroatoms. The molecule has 1 heterocycles. The summed E-state index contributed by atoms with van der Waals surface area (Å²) in [6.07, 6.45) is 7.43. The van der Waals surface area contributed by atoms with Crippen LogP contribution in [0.4, 0.5) is 0 Å². The number of unbranched alkanes of at least 4 members (excludes halogenated alkanes) is 1. The fourth-order valence-electron chi connectivity index (χ4n) is 2.50. The molecule has 1 aromatic carbocycles. The number of nitrogens with zero attached hydrogens (tertiary/aromatic N) is 1. The first-order valence-corrected chi connectivity index (χ1v) is 7.23. The average Bonchev–Trinajstić information content (AvgIpc) is 3.18. The van der Waals surface area contributed by atoms with E-state index < -0.39 is 0 Å². The molecule has 102 valence electrons. The molecule has 0 bridgehead atoms. The van der Waals surface area contributed by atoms with Gasteiger partial charge in [-0.05, 0) is 56.5 Å². The van der Waals surface area contributed by atoms with Crippen LogP contribution in [-0.2, 0) is 6.54 Å². The summed E-state index contributed by atoms with van der Waals surface area (Å²) in [5.41, 5.74) is 1.30. The molecule has 0 spiro atoms. The molecule has 1 aliphatic rings. The molecule has 19 heavy (non-hydrogen) atoms. The number of rotatable bonds is 7. The van der Waals surface area contributed by atoms with E-state index >= 15 is 0 Å². The zero-order valence-electron chi connectivity index (χ0n) is 11.6. The number of aromatic nitrogens is 1. The molecule has 3 nitrogen and oxygen atoms in total.